The van der Waals surface area contributed by atoms with Gasteiger partial charge in [0.15, 0.2) is 9.84 Å². The van der Waals surface area contributed by atoms with Crippen molar-refractivity contribution in [2.45, 2.75) is 32.2 Å². The van der Waals surface area contributed by atoms with E-state index < -0.39 is 9.84 Å². The number of aromatic nitrogens is 3. The third kappa shape index (κ3) is 3.78. The Hall–Kier alpha value is -1.44. The second kappa shape index (κ2) is 6.34. The summed E-state index contributed by atoms with van der Waals surface area (Å²) in [6.07, 6.45) is 5.41. The van der Waals surface area contributed by atoms with Crippen LogP contribution in [0.5, 0.6) is 0 Å². The fourth-order valence-corrected chi connectivity index (χ4v) is 3.79. The van der Waals surface area contributed by atoms with Gasteiger partial charge in [-0.25, -0.2) is 18.1 Å². The van der Waals surface area contributed by atoms with Gasteiger partial charge >= 0.3 is 0 Å². The van der Waals surface area contributed by atoms with Crippen LogP contribution in [0.25, 0.3) is 0 Å². The molecule has 7 nitrogen and oxygen atoms in total. The number of rotatable bonds is 5. The first-order chi connectivity index (χ1) is 9.52. The number of likely N-dealkylation sites (tertiary alicyclic amines) is 1. The van der Waals surface area contributed by atoms with Gasteiger partial charge in [0, 0.05) is 13.1 Å². The van der Waals surface area contributed by atoms with E-state index in [0.29, 0.717) is 19.5 Å². The molecule has 0 aromatic carbocycles. The maximum Gasteiger partial charge on any atom is 0.237 e. The molecule has 0 bridgehead atoms. The second-order valence-corrected chi connectivity index (χ2v) is 7.29. The van der Waals surface area contributed by atoms with Gasteiger partial charge < -0.3 is 4.90 Å². The number of nitrogens with zero attached hydrogens (tertiary/aromatic N) is 4. The minimum atomic E-state index is -3.28. The third-order valence-electron chi connectivity index (χ3n) is 3.42. The zero-order valence-electron chi connectivity index (χ0n) is 11.6. The largest absolute Gasteiger partial charge is 0.340 e. The topological polar surface area (TPSA) is 85.2 Å². The van der Waals surface area contributed by atoms with E-state index in [1.807, 2.05) is 0 Å². The Kier molecular flexibility index (Phi) is 4.74. The van der Waals surface area contributed by atoms with Gasteiger partial charge in [0.25, 0.3) is 0 Å². The number of piperidine rings is 1. The molecule has 1 saturated heterocycles. The van der Waals surface area contributed by atoms with Gasteiger partial charge in [-0.2, -0.15) is 5.10 Å². The Labute approximate surface area is 118 Å². The highest BCUT2D eigenvalue weighted by Gasteiger charge is 2.27. The summed E-state index contributed by atoms with van der Waals surface area (Å²) in [4.78, 5) is 17.6. The van der Waals surface area contributed by atoms with Crippen LogP contribution in [0, 0.1) is 0 Å². The van der Waals surface area contributed by atoms with E-state index >= 15 is 0 Å². The molecule has 2 rings (SSSR count). The predicted molar refractivity (Wildman–Crippen MR) is 73.8 cm³/mol. The Morgan fingerprint density at radius 2 is 2.25 bits per heavy atom. The smallest absolute Gasteiger partial charge is 0.237 e. The maximum atomic E-state index is 12.1. The zero-order chi connectivity index (χ0) is 14.6. The van der Waals surface area contributed by atoms with Gasteiger partial charge in [-0.05, 0) is 19.3 Å². The number of hydrogen-bond donors (Lipinski definition) is 0. The Morgan fingerprint density at radius 1 is 1.45 bits per heavy atom. The van der Waals surface area contributed by atoms with Crippen molar-refractivity contribution in [1.29, 1.82) is 0 Å². The summed E-state index contributed by atoms with van der Waals surface area (Å²) in [5, 5.41) is 4.09. The summed E-state index contributed by atoms with van der Waals surface area (Å²) in [6.45, 7) is 2.92. The number of sulfone groups is 1. The molecule has 1 atom stereocenters. The zero-order valence-corrected chi connectivity index (χ0v) is 12.4. The van der Waals surface area contributed by atoms with Crippen LogP contribution >= 0.6 is 0 Å². The van der Waals surface area contributed by atoms with Crippen molar-refractivity contribution in [1.82, 2.24) is 19.7 Å². The monoisotopic (exact) mass is 300 g/mol. The summed E-state index contributed by atoms with van der Waals surface area (Å²) in [6, 6.07) is 0.0871. The van der Waals surface area contributed by atoms with Gasteiger partial charge in [0.1, 0.15) is 18.4 Å². The van der Waals surface area contributed by atoms with Crippen molar-refractivity contribution in [3.8, 4) is 0 Å². The molecule has 0 spiro atoms. The summed E-state index contributed by atoms with van der Waals surface area (Å²) in [7, 11) is -3.28. The fraction of sp³-hybridized carbons (Fsp3) is 0.750. The molecule has 1 fully saturated rings. The van der Waals surface area contributed by atoms with Crippen LogP contribution < -0.4 is 0 Å². The van der Waals surface area contributed by atoms with Crippen LogP contribution in [-0.4, -0.2) is 58.6 Å². The van der Waals surface area contributed by atoms with Crippen molar-refractivity contribution in [2.24, 2.45) is 0 Å². The van der Waals surface area contributed by atoms with E-state index in [1.54, 1.807) is 22.8 Å². The first kappa shape index (κ1) is 15.0. The lowest BCUT2D eigenvalue weighted by molar-refractivity contribution is -0.130. The second-order valence-electron chi connectivity index (χ2n) is 5.10. The molecule has 2 heterocycles. The van der Waals surface area contributed by atoms with Gasteiger partial charge in [-0.3, -0.25) is 4.79 Å². The third-order valence-corrected chi connectivity index (χ3v) is 5.14. The summed E-state index contributed by atoms with van der Waals surface area (Å²) in [5.41, 5.74) is 0. The van der Waals surface area contributed by atoms with E-state index in [4.69, 9.17) is 0 Å². The number of hydrogen-bond acceptors (Lipinski definition) is 5. The molecule has 112 valence electrons. The molecule has 1 aromatic heterocycles. The number of carbonyl (C=O) groups is 1. The lowest BCUT2D eigenvalue weighted by Crippen LogP contribution is -2.43. The van der Waals surface area contributed by atoms with E-state index in [2.05, 4.69) is 10.1 Å². The fourth-order valence-electron chi connectivity index (χ4n) is 2.47. The highest BCUT2D eigenvalue weighted by Crippen LogP contribution is 2.20. The molecular weight excluding hydrogens is 280 g/mol. The Balaban J connectivity index is 1.97. The Morgan fingerprint density at radius 3 is 2.90 bits per heavy atom. The van der Waals surface area contributed by atoms with Crippen LogP contribution in [0.4, 0.5) is 0 Å². The van der Waals surface area contributed by atoms with Gasteiger partial charge in [0.2, 0.25) is 5.91 Å². The molecule has 1 amide bonds. The molecule has 8 heteroatoms. The summed E-state index contributed by atoms with van der Waals surface area (Å²) >= 11 is 0. The lowest BCUT2D eigenvalue weighted by Gasteiger charge is -2.32. The molecule has 1 aromatic rings. The first-order valence-corrected chi connectivity index (χ1v) is 8.66. The molecule has 1 aliphatic rings. The minimum Gasteiger partial charge on any atom is -0.340 e. The van der Waals surface area contributed by atoms with Crippen molar-refractivity contribution in [3.63, 3.8) is 0 Å². The molecule has 0 N–H and O–H groups in total. The van der Waals surface area contributed by atoms with Crippen LogP contribution in [0.1, 0.15) is 32.2 Å². The van der Waals surface area contributed by atoms with Crippen LogP contribution in [-0.2, 0) is 14.6 Å². The molecule has 0 radical (unpaired) electrons. The molecule has 1 aliphatic heterocycles. The van der Waals surface area contributed by atoms with Crippen molar-refractivity contribution < 1.29 is 13.2 Å². The standard InChI is InChI=1S/C12H20N4O3S/c1-2-6-20(18,19)8-12(17)15-5-3-4-11(7-15)16-10-13-9-14-16/h9-11H,2-8H2,1H3. The van der Waals surface area contributed by atoms with Crippen molar-refractivity contribution in [3.05, 3.63) is 12.7 Å². The van der Waals surface area contributed by atoms with Gasteiger partial charge in [-0.15, -0.1) is 0 Å². The summed E-state index contributed by atoms with van der Waals surface area (Å²) < 4.78 is 25.2. The number of amides is 1. The van der Waals surface area contributed by atoms with Crippen LogP contribution in [0.3, 0.4) is 0 Å². The highest BCUT2D eigenvalue weighted by atomic mass is 32.2. The molecule has 0 aliphatic carbocycles. The van der Waals surface area contributed by atoms with E-state index in [9.17, 15) is 13.2 Å². The molecule has 20 heavy (non-hydrogen) atoms. The van der Waals surface area contributed by atoms with Crippen LogP contribution in [0.15, 0.2) is 12.7 Å². The van der Waals surface area contributed by atoms with Crippen molar-refractivity contribution >= 4 is 15.7 Å². The molecular formula is C12H20N4O3S. The quantitative estimate of drug-likeness (QED) is 0.779. The SMILES string of the molecule is CCCS(=O)(=O)CC(=O)N1CCCC(n2cncn2)C1. The van der Waals surface area contributed by atoms with Gasteiger partial charge in [0.05, 0.1) is 11.8 Å². The normalized spacial score (nSPS) is 20.1. The van der Waals surface area contributed by atoms with Gasteiger partial charge in [-0.1, -0.05) is 6.92 Å². The first-order valence-electron chi connectivity index (χ1n) is 6.84. The average Bonchev–Trinajstić information content (AvgIpc) is 2.92. The predicted octanol–water partition coefficient (Wildman–Crippen LogP) is 0.266. The van der Waals surface area contributed by atoms with Crippen molar-refractivity contribution in [2.75, 3.05) is 24.6 Å². The van der Waals surface area contributed by atoms with E-state index in [1.165, 1.54) is 6.33 Å². The minimum absolute atomic E-state index is 0.0685. The average molecular weight is 300 g/mol. The van der Waals surface area contributed by atoms with Crippen LogP contribution in [0.2, 0.25) is 0 Å². The summed E-state index contributed by atoms with van der Waals surface area (Å²) in [5.74, 6) is -0.618. The molecule has 0 saturated carbocycles. The molecule has 1 unspecified atom stereocenters. The maximum absolute atomic E-state index is 12.1. The highest BCUT2D eigenvalue weighted by molar-refractivity contribution is 7.92. The van der Waals surface area contributed by atoms with E-state index in [0.717, 1.165) is 12.8 Å². The Bertz CT molecular complexity index is 541. The van der Waals surface area contributed by atoms with E-state index in [-0.39, 0.29) is 23.5 Å². The number of carbonyl (C=O) groups excluding carboxylic acids is 1. The lowest BCUT2D eigenvalue weighted by atomic mass is 10.1.